The summed E-state index contributed by atoms with van der Waals surface area (Å²) in [6.45, 7) is 22.1. The molecule has 15 nitrogen and oxygen atoms in total. The van der Waals surface area contributed by atoms with Crippen LogP contribution >= 0.6 is 0 Å². The predicted molar refractivity (Wildman–Crippen MR) is 193 cm³/mol. The first-order valence-corrected chi connectivity index (χ1v) is 19.3. The summed E-state index contributed by atoms with van der Waals surface area (Å²) in [5.41, 5.74) is -1.57. The summed E-state index contributed by atoms with van der Waals surface area (Å²) < 4.78 is 34.5. The van der Waals surface area contributed by atoms with Crippen LogP contribution in [0.1, 0.15) is 75.2 Å². The number of morpholine rings is 1. The van der Waals surface area contributed by atoms with E-state index in [9.17, 15) is 32.4 Å². The molecule has 0 radical (unpaired) electrons. The van der Waals surface area contributed by atoms with E-state index in [1.807, 2.05) is 62.3 Å². The number of carbonyl (C=O) groups is 5. The van der Waals surface area contributed by atoms with Gasteiger partial charge in [0.05, 0.1) is 19.3 Å². The summed E-state index contributed by atoms with van der Waals surface area (Å²) in [7, 11) is -2.33. The van der Waals surface area contributed by atoms with E-state index < -0.39 is 74.7 Å². The van der Waals surface area contributed by atoms with Crippen molar-refractivity contribution in [1.82, 2.24) is 34.8 Å². The third-order valence-corrected chi connectivity index (χ3v) is 12.4. The maximum atomic E-state index is 14.4. The lowest BCUT2D eigenvalue weighted by Crippen LogP contribution is -2.63. The number of ketones is 1. The molecular weight excluding hydrogens is 678 g/mol. The highest BCUT2D eigenvalue weighted by Gasteiger charge is 2.70. The fourth-order valence-electron chi connectivity index (χ4n) is 7.05. The molecule has 4 N–H and O–H groups in total. The summed E-state index contributed by atoms with van der Waals surface area (Å²) >= 11 is 0. The number of hydrogen-bond acceptors (Lipinski definition) is 8. The van der Waals surface area contributed by atoms with Gasteiger partial charge in [-0.05, 0) is 34.5 Å². The smallest absolute Gasteiger partial charge is 0.315 e. The fourth-order valence-corrected chi connectivity index (χ4v) is 8.39. The monoisotopic (exact) mass is 739 g/mol. The standard InChI is InChI=1S/C35H61N7O8S/c1-12-14-23(27(43)30(45)36-15-13-2)37-29(44)26-25-22(35(25,9)10)20-42(26)31(46)28(34(6,7)8)39-32(47)38-24(33(3,4)5)21-40(11)51(48,49)41-16-18-50-19-17-41/h13,22-26,28H,2,12,14-21H2,1,3-11H3,(H,36,45)(H,37,44)(H2,38,39,47)/t22-,23?,24+,25-,26-,28+/m0/s1. The van der Waals surface area contributed by atoms with Crippen molar-refractivity contribution in [3.05, 3.63) is 12.7 Å². The van der Waals surface area contributed by atoms with Crippen molar-refractivity contribution >= 4 is 39.7 Å². The van der Waals surface area contributed by atoms with E-state index in [4.69, 9.17) is 4.74 Å². The lowest BCUT2D eigenvalue weighted by molar-refractivity contribution is -0.145. The Morgan fingerprint density at radius 3 is 2.14 bits per heavy atom. The number of urea groups is 1. The van der Waals surface area contributed by atoms with Crippen molar-refractivity contribution in [3.8, 4) is 0 Å². The van der Waals surface area contributed by atoms with Gasteiger partial charge in [-0.15, -0.1) is 6.58 Å². The molecule has 1 unspecified atom stereocenters. The molecule has 3 rings (SSSR count). The minimum atomic E-state index is -3.81. The van der Waals surface area contributed by atoms with Crippen molar-refractivity contribution in [2.24, 2.45) is 28.1 Å². The van der Waals surface area contributed by atoms with Crippen LogP contribution in [0.5, 0.6) is 0 Å². The maximum Gasteiger partial charge on any atom is 0.315 e. The number of likely N-dealkylation sites (N-methyl/N-ethyl adjacent to an activating group) is 1. The molecule has 2 aliphatic heterocycles. The fraction of sp³-hybridized carbons (Fsp3) is 0.800. The Bertz CT molecular complexity index is 1430. The van der Waals surface area contributed by atoms with E-state index >= 15 is 0 Å². The first kappa shape index (κ1) is 42.3. The van der Waals surface area contributed by atoms with Crippen LogP contribution in [0.3, 0.4) is 0 Å². The Labute approximate surface area is 304 Å². The van der Waals surface area contributed by atoms with E-state index in [0.717, 1.165) is 0 Å². The van der Waals surface area contributed by atoms with Crippen molar-refractivity contribution in [2.45, 2.75) is 99.3 Å². The summed E-state index contributed by atoms with van der Waals surface area (Å²) in [4.78, 5) is 69.1. The van der Waals surface area contributed by atoms with Crippen LogP contribution in [-0.4, -0.2) is 129 Å². The average Bonchev–Trinajstić information content (AvgIpc) is 3.34. The van der Waals surface area contributed by atoms with Gasteiger partial charge in [-0.2, -0.15) is 17.0 Å². The number of carbonyl (C=O) groups excluding carboxylic acids is 5. The normalized spacial score (nSPS) is 23.7. The summed E-state index contributed by atoms with van der Waals surface area (Å²) in [5.74, 6) is -2.67. The minimum Gasteiger partial charge on any atom is -0.379 e. The Morgan fingerprint density at radius 2 is 1.61 bits per heavy atom. The minimum absolute atomic E-state index is 0.0131. The number of nitrogens with zero attached hydrogens (tertiary/aromatic N) is 3. The first-order valence-electron chi connectivity index (χ1n) is 17.9. The maximum absolute atomic E-state index is 14.4. The molecule has 3 fully saturated rings. The van der Waals surface area contributed by atoms with E-state index in [1.165, 1.54) is 26.6 Å². The van der Waals surface area contributed by atoms with Crippen LogP contribution < -0.4 is 21.3 Å². The van der Waals surface area contributed by atoms with Gasteiger partial charge in [0.15, 0.2) is 0 Å². The molecule has 2 heterocycles. The molecule has 6 atom stereocenters. The van der Waals surface area contributed by atoms with E-state index in [-0.39, 0.29) is 49.9 Å². The van der Waals surface area contributed by atoms with Gasteiger partial charge in [0.25, 0.3) is 16.1 Å². The number of fused-ring (bicyclic) bond motifs is 1. The van der Waals surface area contributed by atoms with Crippen molar-refractivity contribution in [1.29, 1.82) is 0 Å². The van der Waals surface area contributed by atoms with Crippen molar-refractivity contribution in [3.63, 3.8) is 0 Å². The average molecular weight is 740 g/mol. The highest BCUT2D eigenvalue weighted by Crippen LogP contribution is 2.65. The molecule has 0 aromatic rings. The summed E-state index contributed by atoms with van der Waals surface area (Å²) in [6.07, 6.45) is 2.23. The summed E-state index contributed by atoms with van der Waals surface area (Å²) in [6, 6.07) is -4.31. The number of ether oxygens (including phenoxy) is 1. The van der Waals surface area contributed by atoms with Crippen LogP contribution in [0.4, 0.5) is 4.79 Å². The third-order valence-electron chi connectivity index (χ3n) is 10.5. The molecule has 0 aromatic carbocycles. The van der Waals surface area contributed by atoms with Gasteiger partial charge in [-0.3, -0.25) is 19.2 Å². The molecule has 0 bridgehead atoms. The molecule has 0 aromatic heterocycles. The Morgan fingerprint density at radius 1 is 1.00 bits per heavy atom. The zero-order chi connectivity index (χ0) is 38.7. The van der Waals surface area contributed by atoms with Gasteiger partial charge >= 0.3 is 6.03 Å². The lowest BCUT2D eigenvalue weighted by Gasteiger charge is -2.39. The van der Waals surface area contributed by atoms with Gasteiger partial charge in [0.1, 0.15) is 12.1 Å². The molecule has 51 heavy (non-hydrogen) atoms. The molecule has 290 valence electrons. The molecule has 3 aliphatic rings. The zero-order valence-electron chi connectivity index (χ0n) is 32.1. The molecule has 16 heteroatoms. The van der Waals surface area contributed by atoms with Crippen LogP contribution in [-0.2, 0) is 34.1 Å². The van der Waals surface area contributed by atoms with Crippen LogP contribution in [0.2, 0.25) is 0 Å². The third kappa shape index (κ3) is 9.87. The Balaban J connectivity index is 1.81. The predicted octanol–water partition coefficient (Wildman–Crippen LogP) is 1.26. The van der Waals surface area contributed by atoms with Crippen LogP contribution in [0.25, 0.3) is 0 Å². The second-order valence-electron chi connectivity index (χ2n) is 16.7. The Hall–Kier alpha value is -3.08. The number of hydrogen-bond donors (Lipinski definition) is 4. The quantitative estimate of drug-likeness (QED) is 0.143. The van der Waals surface area contributed by atoms with Crippen LogP contribution in [0, 0.1) is 28.1 Å². The second kappa shape index (κ2) is 16.3. The molecule has 1 aliphatic carbocycles. The Kier molecular flexibility index (Phi) is 13.5. The second-order valence-corrected chi connectivity index (χ2v) is 18.8. The van der Waals surface area contributed by atoms with Gasteiger partial charge in [-0.1, -0.05) is 74.8 Å². The van der Waals surface area contributed by atoms with E-state index in [2.05, 4.69) is 27.8 Å². The molecular formula is C35H61N7O8S. The number of likely N-dealkylation sites (tertiary alicyclic amines) is 1. The molecule has 5 amide bonds. The SMILES string of the molecule is C=CCNC(=O)C(=O)C(CCC)NC(=O)[C@@H]1[C@@H]2[C@H](CN1C(=O)[C@@H](NC(=O)N[C@H](CN(C)S(=O)(=O)N1CCOCC1)C(C)(C)C)C(C)(C)C)C2(C)C. The number of Topliss-reactive ketones (excluding diaryl/α,β-unsaturated/α-hetero) is 1. The first-order chi connectivity index (χ1) is 23.5. The highest BCUT2D eigenvalue weighted by atomic mass is 32.2. The number of amides is 5. The van der Waals surface area contributed by atoms with Crippen molar-refractivity contribution < 1.29 is 37.1 Å². The topological polar surface area (TPSA) is 187 Å². The number of rotatable bonds is 15. The lowest BCUT2D eigenvalue weighted by atomic mass is 9.85. The molecule has 0 spiro atoms. The van der Waals surface area contributed by atoms with Gasteiger partial charge < -0.3 is 30.9 Å². The zero-order valence-corrected chi connectivity index (χ0v) is 32.9. The summed E-state index contributed by atoms with van der Waals surface area (Å²) in [5, 5.41) is 11.0. The van der Waals surface area contributed by atoms with Crippen molar-refractivity contribution in [2.75, 3.05) is 53.0 Å². The largest absolute Gasteiger partial charge is 0.379 e. The van der Waals surface area contributed by atoms with Crippen LogP contribution in [0.15, 0.2) is 12.7 Å². The van der Waals surface area contributed by atoms with Gasteiger partial charge in [-0.25, -0.2) is 4.79 Å². The molecule has 2 saturated heterocycles. The van der Waals surface area contributed by atoms with Gasteiger partial charge in [0.2, 0.25) is 17.6 Å². The van der Waals surface area contributed by atoms with E-state index in [1.54, 1.807) is 0 Å². The molecule has 1 saturated carbocycles. The van der Waals surface area contributed by atoms with Gasteiger partial charge in [0, 0.05) is 45.8 Å². The highest BCUT2D eigenvalue weighted by molar-refractivity contribution is 7.86. The number of piperidine rings is 1. The number of nitrogens with one attached hydrogen (secondary N) is 4. The van der Waals surface area contributed by atoms with E-state index in [0.29, 0.717) is 26.2 Å².